The molecule has 0 aliphatic heterocycles. The summed E-state index contributed by atoms with van der Waals surface area (Å²) in [6, 6.07) is 3.96. The Hall–Kier alpha value is -0.940. The lowest BCUT2D eigenvalue weighted by Crippen LogP contribution is -2.56. The van der Waals surface area contributed by atoms with Crippen LogP contribution < -0.4 is 5.32 Å². The number of aliphatic hydroxyl groups excluding tert-OH is 1. The Labute approximate surface area is 107 Å². The van der Waals surface area contributed by atoms with Gasteiger partial charge in [0.25, 0.3) is 5.91 Å². The molecular weight excluding hydrogens is 289 g/mol. The van der Waals surface area contributed by atoms with Crippen molar-refractivity contribution in [2.24, 2.45) is 0 Å². The summed E-state index contributed by atoms with van der Waals surface area (Å²) in [7, 11) is 0. The first-order valence-corrected chi connectivity index (χ1v) is 6.24. The van der Waals surface area contributed by atoms with E-state index in [4.69, 9.17) is 0 Å². The van der Waals surface area contributed by atoms with Crippen molar-refractivity contribution < 1.29 is 14.3 Å². The number of benzene rings is 1. The fourth-order valence-corrected chi connectivity index (χ4v) is 2.33. The topological polar surface area (TPSA) is 49.3 Å². The zero-order valence-corrected chi connectivity index (χ0v) is 10.8. The summed E-state index contributed by atoms with van der Waals surface area (Å²) in [5.74, 6) is -0.810. The van der Waals surface area contributed by atoms with E-state index in [9.17, 15) is 14.3 Å². The molecule has 5 heteroatoms. The molecule has 0 atom stereocenters. The van der Waals surface area contributed by atoms with Crippen LogP contribution in [0.2, 0.25) is 0 Å². The molecule has 0 saturated heterocycles. The number of hydrogen-bond acceptors (Lipinski definition) is 2. The molecule has 1 fully saturated rings. The number of carbonyl (C=O) groups is 1. The molecule has 1 saturated carbocycles. The Morgan fingerprint density at radius 1 is 1.53 bits per heavy atom. The molecular formula is C12H13BrFNO2. The molecule has 3 nitrogen and oxygen atoms in total. The van der Waals surface area contributed by atoms with E-state index in [1.807, 2.05) is 0 Å². The fraction of sp³-hybridized carbons (Fsp3) is 0.417. The Morgan fingerprint density at radius 2 is 2.24 bits per heavy atom. The van der Waals surface area contributed by atoms with Crippen molar-refractivity contribution in [2.75, 3.05) is 6.61 Å². The smallest absolute Gasteiger partial charge is 0.253 e. The van der Waals surface area contributed by atoms with Gasteiger partial charge in [0.2, 0.25) is 0 Å². The molecule has 0 heterocycles. The first-order valence-electron chi connectivity index (χ1n) is 5.45. The molecule has 1 aliphatic rings. The molecule has 1 aromatic rings. The van der Waals surface area contributed by atoms with E-state index < -0.39 is 11.4 Å². The van der Waals surface area contributed by atoms with Crippen molar-refractivity contribution in [1.82, 2.24) is 5.32 Å². The van der Waals surface area contributed by atoms with Crippen molar-refractivity contribution in [1.29, 1.82) is 0 Å². The lowest BCUT2D eigenvalue weighted by Gasteiger charge is -2.41. The molecule has 0 aromatic heterocycles. The van der Waals surface area contributed by atoms with E-state index in [1.54, 1.807) is 0 Å². The molecule has 2 rings (SSSR count). The van der Waals surface area contributed by atoms with Gasteiger partial charge in [-0.25, -0.2) is 4.39 Å². The fourth-order valence-electron chi connectivity index (χ4n) is 1.91. The predicted octanol–water partition coefficient (Wildman–Crippen LogP) is 2.23. The van der Waals surface area contributed by atoms with Crippen molar-refractivity contribution in [3.63, 3.8) is 0 Å². The van der Waals surface area contributed by atoms with Crippen LogP contribution in [-0.2, 0) is 0 Å². The van der Waals surface area contributed by atoms with Crippen molar-refractivity contribution in [3.05, 3.63) is 34.1 Å². The van der Waals surface area contributed by atoms with Crippen molar-refractivity contribution in [2.45, 2.75) is 24.8 Å². The predicted molar refractivity (Wildman–Crippen MR) is 65.2 cm³/mol. The second-order valence-electron chi connectivity index (χ2n) is 4.37. The number of carbonyl (C=O) groups excluding carboxylic acids is 1. The van der Waals surface area contributed by atoms with Gasteiger partial charge in [0.05, 0.1) is 17.7 Å². The third kappa shape index (κ3) is 2.50. The van der Waals surface area contributed by atoms with Gasteiger partial charge in [-0.15, -0.1) is 0 Å². The van der Waals surface area contributed by atoms with Crippen molar-refractivity contribution in [3.8, 4) is 0 Å². The molecule has 1 aromatic carbocycles. The van der Waals surface area contributed by atoms with Crippen LogP contribution in [0.15, 0.2) is 22.7 Å². The Morgan fingerprint density at radius 3 is 2.76 bits per heavy atom. The SMILES string of the molecule is O=C(NC1(CO)CCC1)c1cc(F)ccc1Br. The molecule has 17 heavy (non-hydrogen) atoms. The minimum atomic E-state index is -0.511. The summed E-state index contributed by atoms with van der Waals surface area (Å²) in [6.07, 6.45) is 2.52. The van der Waals surface area contributed by atoms with E-state index in [-0.39, 0.29) is 18.1 Å². The molecule has 0 bridgehead atoms. The summed E-state index contributed by atoms with van der Waals surface area (Å²) in [4.78, 5) is 12.0. The first-order chi connectivity index (χ1) is 8.06. The van der Waals surface area contributed by atoms with E-state index in [0.717, 1.165) is 19.3 Å². The number of rotatable bonds is 3. The molecule has 0 radical (unpaired) electrons. The van der Waals surface area contributed by atoms with Gasteiger partial charge in [-0.05, 0) is 53.4 Å². The molecule has 1 amide bonds. The maximum atomic E-state index is 13.1. The van der Waals surface area contributed by atoms with E-state index in [0.29, 0.717) is 4.47 Å². The highest BCUT2D eigenvalue weighted by molar-refractivity contribution is 9.10. The van der Waals surface area contributed by atoms with Crippen LogP contribution in [0, 0.1) is 5.82 Å². The van der Waals surface area contributed by atoms with Crippen LogP contribution in [0.25, 0.3) is 0 Å². The van der Waals surface area contributed by atoms with Gasteiger partial charge >= 0.3 is 0 Å². The minimum absolute atomic E-state index is 0.0777. The zero-order valence-electron chi connectivity index (χ0n) is 9.17. The number of nitrogens with one attached hydrogen (secondary N) is 1. The second kappa shape index (κ2) is 4.74. The molecule has 0 unspecified atom stereocenters. The van der Waals surface area contributed by atoms with Crippen molar-refractivity contribution >= 4 is 21.8 Å². The lowest BCUT2D eigenvalue weighted by molar-refractivity contribution is 0.0640. The Balaban J connectivity index is 2.17. The summed E-state index contributed by atoms with van der Waals surface area (Å²) >= 11 is 3.21. The Bertz CT molecular complexity index is 441. The van der Waals surface area contributed by atoms with Crippen LogP contribution in [0.5, 0.6) is 0 Å². The Kier molecular flexibility index (Phi) is 3.49. The summed E-state index contributed by atoms with van der Waals surface area (Å²) in [5.41, 5.74) is -0.257. The highest BCUT2D eigenvalue weighted by Crippen LogP contribution is 2.32. The maximum absolute atomic E-state index is 13.1. The van der Waals surface area contributed by atoms with E-state index in [1.165, 1.54) is 18.2 Å². The van der Waals surface area contributed by atoms with Gasteiger partial charge in [-0.1, -0.05) is 0 Å². The average Bonchev–Trinajstić information content (AvgIpc) is 2.26. The number of amides is 1. The highest BCUT2D eigenvalue weighted by Gasteiger charge is 2.38. The lowest BCUT2D eigenvalue weighted by atomic mass is 9.77. The average molecular weight is 302 g/mol. The number of aliphatic hydroxyl groups is 1. The van der Waals surface area contributed by atoms with Crippen LogP contribution in [-0.4, -0.2) is 23.2 Å². The number of hydrogen-bond donors (Lipinski definition) is 2. The quantitative estimate of drug-likeness (QED) is 0.899. The summed E-state index contributed by atoms with van der Waals surface area (Å²) < 4.78 is 13.6. The minimum Gasteiger partial charge on any atom is -0.394 e. The van der Waals surface area contributed by atoms with Crippen LogP contribution in [0.1, 0.15) is 29.6 Å². The third-order valence-corrected chi connectivity index (χ3v) is 3.86. The third-order valence-electron chi connectivity index (χ3n) is 3.17. The van der Waals surface area contributed by atoms with Gasteiger partial charge in [0.1, 0.15) is 5.82 Å². The first kappa shape index (κ1) is 12.5. The largest absolute Gasteiger partial charge is 0.394 e. The second-order valence-corrected chi connectivity index (χ2v) is 5.22. The van der Waals surface area contributed by atoms with Crippen LogP contribution in [0.3, 0.4) is 0 Å². The van der Waals surface area contributed by atoms with Crippen LogP contribution in [0.4, 0.5) is 4.39 Å². The van der Waals surface area contributed by atoms with Crippen LogP contribution >= 0.6 is 15.9 Å². The van der Waals surface area contributed by atoms with Gasteiger partial charge in [-0.2, -0.15) is 0 Å². The standard InChI is InChI=1S/C12H13BrFNO2/c13-10-3-2-8(14)6-9(10)11(17)15-12(7-16)4-1-5-12/h2-3,6,16H,1,4-5,7H2,(H,15,17). The number of halogens is 2. The highest BCUT2D eigenvalue weighted by atomic mass is 79.9. The summed E-state index contributed by atoms with van der Waals surface area (Å²) in [5, 5.41) is 12.0. The molecule has 2 N–H and O–H groups in total. The van der Waals surface area contributed by atoms with E-state index >= 15 is 0 Å². The molecule has 0 spiro atoms. The monoisotopic (exact) mass is 301 g/mol. The summed E-state index contributed by atoms with van der Waals surface area (Å²) in [6.45, 7) is -0.0777. The van der Waals surface area contributed by atoms with Gasteiger partial charge in [-0.3, -0.25) is 4.79 Å². The van der Waals surface area contributed by atoms with Gasteiger partial charge in [0, 0.05) is 4.47 Å². The van der Waals surface area contributed by atoms with E-state index in [2.05, 4.69) is 21.2 Å². The van der Waals surface area contributed by atoms with Gasteiger partial charge in [0.15, 0.2) is 0 Å². The molecule has 92 valence electrons. The molecule has 1 aliphatic carbocycles. The zero-order chi connectivity index (χ0) is 12.5. The van der Waals surface area contributed by atoms with Gasteiger partial charge < -0.3 is 10.4 Å². The normalized spacial score (nSPS) is 17.4. The maximum Gasteiger partial charge on any atom is 0.253 e.